The number of fused-ring (bicyclic) bond motifs is 2. The Balaban J connectivity index is 1.60. The lowest BCUT2D eigenvalue weighted by atomic mass is 10.1. The van der Waals surface area contributed by atoms with Crippen molar-refractivity contribution < 1.29 is 9.59 Å². The number of aromatic nitrogens is 2. The van der Waals surface area contributed by atoms with Crippen molar-refractivity contribution in [2.75, 3.05) is 5.32 Å². The van der Waals surface area contributed by atoms with Crippen LogP contribution in [0.25, 0.3) is 10.9 Å². The van der Waals surface area contributed by atoms with Crippen molar-refractivity contribution >= 4 is 39.1 Å². The van der Waals surface area contributed by atoms with Crippen LogP contribution in [0.5, 0.6) is 0 Å². The summed E-state index contributed by atoms with van der Waals surface area (Å²) in [6.07, 6.45) is 6.26. The van der Waals surface area contributed by atoms with E-state index >= 15 is 0 Å². The molecule has 4 rings (SSSR count). The molecule has 1 aliphatic rings. The van der Waals surface area contributed by atoms with E-state index in [0.717, 1.165) is 42.5 Å². The first kappa shape index (κ1) is 18.4. The fraction of sp³-hybridized carbons (Fsp3) is 0.300. The van der Waals surface area contributed by atoms with E-state index in [2.05, 4.69) is 10.3 Å². The lowest BCUT2D eigenvalue weighted by molar-refractivity contribution is -0.116. The van der Waals surface area contributed by atoms with Gasteiger partial charge >= 0.3 is 0 Å². The Kier molecular flexibility index (Phi) is 4.95. The van der Waals surface area contributed by atoms with Crippen LogP contribution in [-0.4, -0.2) is 21.4 Å². The maximum absolute atomic E-state index is 12.6. The number of hydrogen-bond acceptors (Lipinski definition) is 5. The monoisotopic (exact) mass is 396 g/mol. The van der Waals surface area contributed by atoms with Crippen LogP contribution in [0.4, 0.5) is 5.00 Å². The number of benzene rings is 1. The normalized spacial score (nSPS) is 13.7. The third kappa shape index (κ3) is 3.43. The molecule has 1 aromatic carbocycles. The van der Waals surface area contributed by atoms with Gasteiger partial charge in [0.2, 0.25) is 5.91 Å². The van der Waals surface area contributed by atoms with Gasteiger partial charge in [0.25, 0.3) is 11.5 Å². The van der Waals surface area contributed by atoms with Gasteiger partial charge in [-0.15, -0.1) is 11.3 Å². The predicted molar refractivity (Wildman–Crippen MR) is 109 cm³/mol. The van der Waals surface area contributed by atoms with Crippen molar-refractivity contribution in [2.45, 2.75) is 38.6 Å². The minimum absolute atomic E-state index is 0.183. The van der Waals surface area contributed by atoms with E-state index in [-0.39, 0.29) is 12.1 Å². The molecule has 2 aromatic heterocycles. The maximum Gasteiger partial charge on any atom is 0.261 e. The second kappa shape index (κ2) is 7.55. The van der Waals surface area contributed by atoms with Gasteiger partial charge in [-0.3, -0.25) is 19.0 Å². The first-order valence-corrected chi connectivity index (χ1v) is 10.0. The molecule has 0 saturated heterocycles. The minimum atomic E-state index is -0.528. The molecule has 8 heteroatoms. The summed E-state index contributed by atoms with van der Waals surface area (Å²) in [4.78, 5) is 42.5. The van der Waals surface area contributed by atoms with Crippen LogP contribution in [0.2, 0.25) is 0 Å². The Morgan fingerprint density at radius 2 is 1.96 bits per heavy atom. The van der Waals surface area contributed by atoms with Gasteiger partial charge in [-0.25, -0.2) is 4.98 Å². The Morgan fingerprint density at radius 1 is 1.18 bits per heavy atom. The molecule has 0 aliphatic heterocycles. The number of carbonyl (C=O) groups excluding carboxylic acids is 2. The van der Waals surface area contributed by atoms with Gasteiger partial charge in [0.05, 0.1) is 22.8 Å². The third-order valence-electron chi connectivity index (χ3n) is 4.97. The van der Waals surface area contributed by atoms with E-state index in [1.54, 1.807) is 24.3 Å². The van der Waals surface area contributed by atoms with Gasteiger partial charge in [-0.1, -0.05) is 18.6 Å². The molecule has 3 aromatic rings. The molecule has 0 bridgehead atoms. The van der Waals surface area contributed by atoms with E-state index in [4.69, 9.17) is 5.73 Å². The van der Waals surface area contributed by atoms with Crippen LogP contribution in [0, 0.1) is 0 Å². The molecule has 0 atom stereocenters. The summed E-state index contributed by atoms with van der Waals surface area (Å²) in [6.45, 7) is -0.183. The Hall–Kier alpha value is -3.00. The van der Waals surface area contributed by atoms with Crippen molar-refractivity contribution in [3.8, 4) is 0 Å². The second-order valence-electron chi connectivity index (χ2n) is 6.88. The maximum atomic E-state index is 12.6. The number of rotatable bonds is 4. The Bertz CT molecular complexity index is 1130. The highest BCUT2D eigenvalue weighted by Crippen LogP contribution is 2.37. The molecule has 7 nitrogen and oxygen atoms in total. The van der Waals surface area contributed by atoms with E-state index in [1.165, 1.54) is 22.2 Å². The zero-order chi connectivity index (χ0) is 19.7. The number of anilines is 1. The number of thiophene rings is 1. The number of carbonyl (C=O) groups is 2. The molecule has 28 heavy (non-hydrogen) atoms. The van der Waals surface area contributed by atoms with Gasteiger partial charge in [-0.2, -0.15) is 0 Å². The predicted octanol–water partition coefficient (Wildman–Crippen LogP) is 2.46. The van der Waals surface area contributed by atoms with E-state index < -0.39 is 11.8 Å². The van der Waals surface area contributed by atoms with Gasteiger partial charge in [0, 0.05) is 4.88 Å². The van der Waals surface area contributed by atoms with Crippen LogP contribution in [0.15, 0.2) is 35.4 Å². The van der Waals surface area contributed by atoms with Gasteiger partial charge in [0.15, 0.2) is 0 Å². The van der Waals surface area contributed by atoms with Crippen molar-refractivity contribution in [1.82, 2.24) is 9.55 Å². The number of nitrogens with two attached hydrogens (primary N) is 1. The molecule has 144 valence electrons. The number of amides is 2. The van der Waals surface area contributed by atoms with Crippen molar-refractivity contribution in [3.63, 3.8) is 0 Å². The summed E-state index contributed by atoms with van der Waals surface area (Å²) in [7, 11) is 0. The molecular weight excluding hydrogens is 376 g/mol. The van der Waals surface area contributed by atoms with Crippen LogP contribution in [0.1, 0.15) is 40.1 Å². The molecule has 0 spiro atoms. The van der Waals surface area contributed by atoms with E-state index in [1.807, 2.05) is 0 Å². The molecule has 0 fully saturated rings. The van der Waals surface area contributed by atoms with Crippen LogP contribution >= 0.6 is 11.3 Å². The van der Waals surface area contributed by atoms with E-state index in [9.17, 15) is 14.4 Å². The van der Waals surface area contributed by atoms with Gasteiger partial charge in [0.1, 0.15) is 11.5 Å². The minimum Gasteiger partial charge on any atom is -0.365 e. The second-order valence-corrected chi connectivity index (χ2v) is 7.98. The molecule has 0 unspecified atom stereocenters. The average molecular weight is 396 g/mol. The quantitative estimate of drug-likeness (QED) is 0.661. The number of para-hydroxylation sites is 1. The topological polar surface area (TPSA) is 107 Å². The summed E-state index contributed by atoms with van der Waals surface area (Å²) in [5.41, 5.74) is 7.29. The molecule has 0 radical (unpaired) electrons. The van der Waals surface area contributed by atoms with Crippen LogP contribution in [0.3, 0.4) is 0 Å². The highest BCUT2D eigenvalue weighted by atomic mass is 32.1. The summed E-state index contributed by atoms with van der Waals surface area (Å²) in [6, 6.07) is 6.99. The standard InChI is InChI=1S/C20H20N4O3S/c21-18(26)17-13-7-2-1-3-9-15(13)28-19(17)23-16(25)10-24-11-22-14-8-5-4-6-12(14)20(24)27/h4-6,8,11H,1-3,7,9-10H2,(H2,21,26)(H,23,25). The first-order chi connectivity index (χ1) is 13.5. The third-order valence-corrected chi connectivity index (χ3v) is 6.17. The zero-order valence-electron chi connectivity index (χ0n) is 15.2. The number of aryl methyl sites for hydroxylation is 1. The fourth-order valence-corrected chi connectivity index (χ4v) is 4.94. The largest absolute Gasteiger partial charge is 0.365 e. The van der Waals surface area contributed by atoms with Crippen LogP contribution in [-0.2, 0) is 24.2 Å². The number of nitrogens with one attached hydrogen (secondary N) is 1. The van der Waals surface area contributed by atoms with Crippen molar-refractivity contribution in [3.05, 3.63) is 57.0 Å². The highest BCUT2D eigenvalue weighted by molar-refractivity contribution is 7.17. The van der Waals surface area contributed by atoms with E-state index in [0.29, 0.717) is 21.5 Å². The summed E-state index contributed by atoms with van der Waals surface area (Å²) in [5, 5.41) is 3.72. The lowest BCUT2D eigenvalue weighted by Crippen LogP contribution is -2.28. The molecule has 0 saturated carbocycles. The Labute approximate surface area is 165 Å². The number of nitrogens with zero attached hydrogens (tertiary/aromatic N) is 2. The van der Waals surface area contributed by atoms with Gasteiger partial charge < -0.3 is 11.1 Å². The van der Waals surface area contributed by atoms with Crippen LogP contribution < -0.4 is 16.6 Å². The van der Waals surface area contributed by atoms with Crippen molar-refractivity contribution in [1.29, 1.82) is 0 Å². The SMILES string of the molecule is NC(=O)c1c(NC(=O)Cn2cnc3ccccc3c2=O)sc2c1CCCCC2. The summed E-state index contributed by atoms with van der Waals surface area (Å²) >= 11 is 1.41. The molecule has 2 amide bonds. The molecule has 1 aliphatic carbocycles. The van der Waals surface area contributed by atoms with Crippen molar-refractivity contribution in [2.24, 2.45) is 5.73 Å². The molecular formula is C20H20N4O3S. The first-order valence-electron chi connectivity index (χ1n) is 9.23. The lowest BCUT2D eigenvalue weighted by Gasteiger charge is -2.08. The number of hydrogen-bond donors (Lipinski definition) is 2. The smallest absolute Gasteiger partial charge is 0.261 e. The Morgan fingerprint density at radius 3 is 2.79 bits per heavy atom. The highest BCUT2D eigenvalue weighted by Gasteiger charge is 2.24. The summed E-state index contributed by atoms with van der Waals surface area (Å²) < 4.78 is 1.26. The van der Waals surface area contributed by atoms with Gasteiger partial charge in [-0.05, 0) is 43.4 Å². The average Bonchev–Trinajstić information content (AvgIpc) is 2.85. The number of primary amides is 1. The zero-order valence-corrected chi connectivity index (χ0v) is 16.1. The molecule has 2 heterocycles. The molecule has 3 N–H and O–H groups in total. The fourth-order valence-electron chi connectivity index (χ4n) is 3.63. The summed E-state index contributed by atoms with van der Waals surface area (Å²) in [5.74, 6) is -0.919.